The van der Waals surface area contributed by atoms with Gasteiger partial charge in [0, 0.05) is 0 Å². The summed E-state index contributed by atoms with van der Waals surface area (Å²) in [4.78, 5) is 23.9. The standard InChI is InChI=1S/C9H15NO5/c1-14-8(12)7-4-3-6(11)5-10(7)9(13)15-2/h6-7,11H,3-5H2,1-2H3/t6?,7-/m0/s1. The van der Waals surface area contributed by atoms with E-state index in [0.717, 1.165) is 0 Å². The van der Waals surface area contributed by atoms with Crippen LogP contribution in [0, 0.1) is 0 Å². The van der Waals surface area contributed by atoms with Crippen molar-refractivity contribution in [2.75, 3.05) is 20.8 Å². The van der Waals surface area contributed by atoms with Crippen LogP contribution in [-0.2, 0) is 14.3 Å². The molecule has 0 radical (unpaired) electrons. The molecule has 15 heavy (non-hydrogen) atoms. The predicted octanol–water partition coefficient (Wildman–Crippen LogP) is -0.249. The molecular weight excluding hydrogens is 202 g/mol. The monoisotopic (exact) mass is 217 g/mol. The average molecular weight is 217 g/mol. The highest BCUT2D eigenvalue weighted by atomic mass is 16.5. The number of hydrogen-bond acceptors (Lipinski definition) is 5. The van der Waals surface area contributed by atoms with E-state index in [4.69, 9.17) is 0 Å². The summed E-state index contributed by atoms with van der Waals surface area (Å²) < 4.78 is 9.11. The Morgan fingerprint density at radius 1 is 1.27 bits per heavy atom. The Labute approximate surface area is 87.8 Å². The number of nitrogens with zero attached hydrogens (tertiary/aromatic N) is 1. The molecule has 0 aromatic heterocycles. The summed E-state index contributed by atoms with van der Waals surface area (Å²) in [6.07, 6.45) is -0.356. The van der Waals surface area contributed by atoms with Crippen molar-refractivity contribution in [2.45, 2.75) is 25.0 Å². The van der Waals surface area contributed by atoms with Crippen molar-refractivity contribution in [1.29, 1.82) is 0 Å². The molecule has 1 heterocycles. The molecule has 1 amide bonds. The van der Waals surface area contributed by atoms with Gasteiger partial charge in [-0.25, -0.2) is 9.59 Å². The summed E-state index contributed by atoms with van der Waals surface area (Å²) in [7, 11) is 2.50. The molecule has 0 aromatic rings. The lowest BCUT2D eigenvalue weighted by Crippen LogP contribution is -2.52. The van der Waals surface area contributed by atoms with Crippen molar-refractivity contribution >= 4 is 12.1 Å². The number of carbonyl (C=O) groups excluding carboxylic acids is 2. The van der Waals surface area contributed by atoms with Gasteiger partial charge in [0.25, 0.3) is 0 Å². The first kappa shape index (κ1) is 11.8. The molecule has 0 saturated carbocycles. The molecule has 6 nitrogen and oxygen atoms in total. The van der Waals surface area contributed by atoms with Gasteiger partial charge in [-0.15, -0.1) is 0 Å². The third-order valence-electron chi connectivity index (χ3n) is 2.44. The van der Waals surface area contributed by atoms with E-state index in [2.05, 4.69) is 9.47 Å². The van der Waals surface area contributed by atoms with Gasteiger partial charge in [-0.05, 0) is 12.8 Å². The normalized spacial score (nSPS) is 25.9. The minimum Gasteiger partial charge on any atom is -0.467 e. The van der Waals surface area contributed by atoms with E-state index in [1.54, 1.807) is 0 Å². The lowest BCUT2D eigenvalue weighted by molar-refractivity contribution is -0.148. The van der Waals surface area contributed by atoms with E-state index >= 15 is 0 Å². The number of amides is 1. The number of ether oxygens (including phenoxy) is 2. The van der Waals surface area contributed by atoms with Gasteiger partial charge in [0.1, 0.15) is 6.04 Å². The minimum atomic E-state index is -0.647. The third kappa shape index (κ3) is 2.59. The summed E-state index contributed by atoms with van der Waals surface area (Å²) in [6, 6.07) is -0.647. The quantitative estimate of drug-likeness (QED) is 0.613. The Balaban J connectivity index is 2.74. The highest BCUT2D eigenvalue weighted by molar-refractivity contribution is 5.81. The average Bonchev–Trinajstić information content (AvgIpc) is 2.26. The fourth-order valence-corrected chi connectivity index (χ4v) is 1.65. The van der Waals surface area contributed by atoms with E-state index in [-0.39, 0.29) is 6.54 Å². The number of aliphatic hydroxyl groups excluding tert-OH is 1. The van der Waals surface area contributed by atoms with Crippen LogP contribution < -0.4 is 0 Å². The number of rotatable bonds is 1. The van der Waals surface area contributed by atoms with Crippen LogP contribution in [0.5, 0.6) is 0 Å². The molecule has 1 rings (SSSR count). The Kier molecular flexibility index (Phi) is 3.90. The Morgan fingerprint density at radius 3 is 2.47 bits per heavy atom. The Morgan fingerprint density at radius 2 is 1.93 bits per heavy atom. The third-order valence-corrected chi connectivity index (χ3v) is 2.44. The number of hydrogen-bond donors (Lipinski definition) is 1. The Bertz CT molecular complexity index is 255. The van der Waals surface area contributed by atoms with Crippen molar-refractivity contribution in [2.24, 2.45) is 0 Å². The van der Waals surface area contributed by atoms with Gasteiger partial charge in [0.05, 0.1) is 26.9 Å². The summed E-state index contributed by atoms with van der Waals surface area (Å²) in [6.45, 7) is 0.104. The van der Waals surface area contributed by atoms with Crippen LogP contribution in [0.25, 0.3) is 0 Å². The molecule has 86 valence electrons. The fraction of sp³-hybridized carbons (Fsp3) is 0.778. The summed E-state index contributed by atoms with van der Waals surface area (Å²) in [5.41, 5.74) is 0. The molecule has 6 heteroatoms. The van der Waals surface area contributed by atoms with E-state index in [0.29, 0.717) is 12.8 Å². The largest absolute Gasteiger partial charge is 0.467 e. The number of β-amino-alcohol motifs (C(OH)–C–C–N with tert-alkyl or cyclic N) is 1. The summed E-state index contributed by atoms with van der Waals surface area (Å²) >= 11 is 0. The van der Waals surface area contributed by atoms with Crippen molar-refractivity contribution in [1.82, 2.24) is 4.90 Å². The van der Waals surface area contributed by atoms with Crippen LogP contribution in [0.2, 0.25) is 0 Å². The van der Waals surface area contributed by atoms with E-state index < -0.39 is 24.2 Å². The van der Waals surface area contributed by atoms with Gasteiger partial charge in [-0.1, -0.05) is 0 Å². The van der Waals surface area contributed by atoms with Crippen LogP contribution in [0.4, 0.5) is 4.79 Å². The smallest absolute Gasteiger partial charge is 0.410 e. The maximum absolute atomic E-state index is 11.4. The van der Waals surface area contributed by atoms with E-state index in [1.165, 1.54) is 19.1 Å². The van der Waals surface area contributed by atoms with Crippen LogP contribution in [0.1, 0.15) is 12.8 Å². The maximum atomic E-state index is 11.4. The first-order chi connectivity index (χ1) is 7.10. The van der Waals surface area contributed by atoms with Gasteiger partial charge in [-0.2, -0.15) is 0 Å². The Hall–Kier alpha value is -1.30. The first-order valence-corrected chi connectivity index (χ1v) is 4.70. The van der Waals surface area contributed by atoms with Crippen LogP contribution >= 0.6 is 0 Å². The highest BCUT2D eigenvalue weighted by Gasteiger charge is 2.36. The zero-order valence-corrected chi connectivity index (χ0v) is 8.80. The summed E-state index contributed by atoms with van der Waals surface area (Å²) in [5, 5.41) is 9.39. The second-order valence-electron chi connectivity index (χ2n) is 3.39. The van der Waals surface area contributed by atoms with Gasteiger partial charge in [0.2, 0.25) is 0 Å². The molecule has 2 atom stereocenters. The molecule has 1 fully saturated rings. The van der Waals surface area contributed by atoms with Gasteiger partial charge in [0.15, 0.2) is 0 Å². The lowest BCUT2D eigenvalue weighted by Gasteiger charge is -2.34. The SMILES string of the molecule is COC(=O)[C@@H]1CCC(O)CN1C(=O)OC. The van der Waals surface area contributed by atoms with E-state index in [9.17, 15) is 14.7 Å². The zero-order valence-electron chi connectivity index (χ0n) is 8.80. The number of aliphatic hydroxyl groups is 1. The number of likely N-dealkylation sites (tertiary alicyclic amines) is 1. The van der Waals surface area contributed by atoms with Gasteiger partial charge < -0.3 is 14.6 Å². The molecule has 0 aliphatic carbocycles. The molecule has 0 spiro atoms. The molecule has 1 N–H and O–H groups in total. The predicted molar refractivity (Wildman–Crippen MR) is 50.2 cm³/mol. The van der Waals surface area contributed by atoms with Crippen molar-refractivity contribution in [3.8, 4) is 0 Å². The molecule has 1 aliphatic heterocycles. The first-order valence-electron chi connectivity index (χ1n) is 4.70. The fourth-order valence-electron chi connectivity index (χ4n) is 1.65. The number of carbonyl (C=O) groups is 2. The topological polar surface area (TPSA) is 76.1 Å². The second kappa shape index (κ2) is 4.97. The molecular formula is C9H15NO5. The molecule has 0 bridgehead atoms. The van der Waals surface area contributed by atoms with Crippen LogP contribution in [0.3, 0.4) is 0 Å². The lowest BCUT2D eigenvalue weighted by atomic mass is 10.0. The van der Waals surface area contributed by atoms with Crippen molar-refractivity contribution in [3.63, 3.8) is 0 Å². The van der Waals surface area contributed by atoms with Gasteiger partial charge >= 0.3 is 12.1 Å². The molecule has 1 saturated heterocycles. The minimum absolute atomic E-state index is 0.104. The maximum Gasteiger partial charge on any atom is 0.410 e. The number of methoxy groups -OCH3 is 2. The molecule has 1 unspecified atom stereocenters. The van der Waals surface area contributed by atoms with E-state index in [1.807, 2.05) is 0 Å². The van der Waals surface area contributed by atoms with Crippen molar-refractivity contribution in [3.05, 3.63) is 0 Å². The zero-order chi connectivity index (χ0) is 11.4. The summed E-state index contributed by atoms with van der Waals surface area (Å²) in [5.74, 6) is -0.479. The highest BCUT2D eigenvalue weighted by Crippen LogP contribution is 2.19. The van der Waals surface area contributed by atoms with Gasteiger partial charge in [-0.3, -0.25) is 4.90 Å². The molecule has 0 aromatic carbocycles. The number of esters is 1. The second-order valence-corrected chi connectivity index (χ2v) is 3.39. The number of piperidine rings is 1. The van der Waals surface area contributed by atoms with Crippen LogP contribution in [0.15, 0.2) is 0 Å². The molecule has 1 aliphatic rings. The van der Waals surface area contributed by atoms with Crippen LogP contribution in [-0.4, -0.2) is 55.0 Å². The van der Waals surface area contributed by atoms with Crippen molar-refractivity contribution < 1.29 is 24.2 Å².